The summed E-state index contributed by atoms with van der Waals surface area (Å²) in [6.45, 7) is 8.35. The molecule has 0 bridgehead atoms. The minimum Gasteiger partial charge on any atom is -0.377 e. The first-order valence-electron chi connectivity index (χ1n) is 7.61. The second-order valence-electron chi connectivity index (χ2n) is 6.12. The zero-order valence-corrected chi connectivity index (χ0v) is 13.8. The van der Waals surface area contributed by atoms with Crippen molar-refractivity contribution >= 4 is 17.5 Å². The third-order valence-corrected chi connectivity index (χ3v) is 4.44. The van der Waals surface area contributed by atoms with Crippen molar-refractivity contribution in [3.05, 3.63) is 34.9 Å². The van der Waals surface area contributed by atoms with Crippen LogP contribution in [0.5, 0.6) is 0 Å². The van der Waals surface area contributed by atoms with Gasteiger partial charge < -0.3 is 9.64 Å². The lowest BCUT2D eigenvalue weighted by molar-refractivity contribution is -0.139. The molecule has 1 aromatic carbocycles. The molecule has 1 amide bonds. The van der Waals surface area contributed by atoms with Crippen molar-refractivity contribution in [2.45, 2.75) is 39.2 Å². The van der Waals surface area contributed by atoms with Gasteiger partial charge in [-0.2, -0.15) is 0 Å². The molecule has 1 aromatic rings. The van der Waals surface area contributed by atoms with E-state index in [0.29, 0.717) is 32.1 Å². The Hall–Kier alpha value is -1.06. The second kappa shape index (κ2) is 7.28. The fraction of sp³-hybridized carbons (Fsp3) is 0.588. The van der Waals surface area contributed by atoms with Crippen LogP contribution in [-0.4, -0.2) is 36.6 Å². The number of hydrogen-bond donors (Lipinski definition) is 0. The number of hydrogen-bond acceptors (Lipinski definition) is 2. The van der Waals surface area contributed by atoms with Crippen LogP contribution in [0.2, 0.25) is 5.02 Å². The number of morpholine rings is 1. The van der Waals surface area contributed by atoms with E-state index in [1.165, 1.54) is 5.56 Å². The smallest absolute Gasteiger partial charge is 0.223 e. The molecule has 2 atom stereocenters. The summed E-state index contributed by atoms with van der Waals surface area (Å²) >= 11 is 5.95. The van der Waals surface area contributed by atoms with Crippen molar-refractivity contribution in [3.8, 4) is 0 Å². The van der Waals surface area contributed by atoms with Crippen LogP contribution >= 0.6 is 11.6 Å². The van der Waals surface area contributed by atoms with Gasteiger partial charge >= 0.3 is 0 Å². The summed E-state index contributed by atoms with van der Waals surface area (Å²) in [5, 5.41) is 0.731. The Morgan fingerprint density at radius 3 is 2.62 bits per heavy atom. The molecule has 1 aliphatic rings. The monoisotopic (exact) mass is 309 g/mol. The zero-order chi connectivity index (χ0) is 15.4. The van der Waals surface area contributed by atoms with Gasteiger partial charge in [0.05, 0.1) is 19.3 Å². The minimum absolute atomic E-state index is 0.171. The van der Waals surface area contributed by atoms with E-state index in [-0.39, 0.29) is 17.9 Å². The SMILES string of the molecule is CC(C)C(CC(=O)N1CCOCC1C)c1ccc(Cl)cc1. The Kier molecular flexibility index (Phi) is 5.65. The molecule has 1 fully saturated rings. The van der Waals surface area contributed by atoms with Gasteiger partial charge in [0, 0.05) is 18.0 Å². The summed E-state index contributed by atoms with van der Waals surface area (Å²) in [4.78, 5) is 14.6. The normalized spacial score (nSPS) is 20.6. The number of carbonyl (C=O) groups excluding carboxylic acids is 1. The van der Waals surface area contributed by atoms with Crippen LogP contribution in [0.15, 0.2) is 24.3 Å². The summed E-state index contributed by atoms with van der Waals surface area (Å²) in [6.07, 6.45) is 0.545. The fourth-order valence-electron chi connectivity index (χ4n) is 2.85. The Labute approximate surface area is 132 Å². The van der Waals surface area contributed by atoms with Crippen molar-refractivity contribution < 1.29 is 9.53 Å². The Morgan fingerprint density at radius 1 is 1.38 bits per heavy atom. The first-order chi connectivity index (χ1) is 9.99. The number of ether oxygens (including phenoxy) is 1. The summed E-state index contributed by atoms with van der Waals surface area (Å²) in [6, 6.07) is 8.03. The molecule has 3 nitrogen and oxygen atoms in total. The van der Waals surface area contributed by atoms with Gasteiger partial charge in [-0.1, -0.05) is 37.6 Å². The molecule has 2 rings (SSSR count). The van der Waals surface area contributed by atoms with Crippen molar-refractivity contribution in [2.24, 2.45) is 5.92 Å². The maximum Gasteiger partial charge on any atom is 0.223 e. The number of halogens is 1. The standard InChI is InChI=1S/C17H24ClNO2/c1-12(2)16(14-4-6-15(18)7-5-14)10-17(20)19-8-9-21-11-13(19)3/h4-7,12-13,16H,8-11H2,1-3H3. The molecule has 4 heteroatoms. The molecule has 0 N–H and O–H groups in total. The van der Waals surface area contributed by atoms with Gasteiger partial charge in [0.25, 0.3) is 0 Å². The topological polar surface area (TPSA) is 29.5 Å². The largest absolute Gasteiger partial charge is 0.377 e. The van der Waals surface area contributed by atoms with Crippen LogP contribution < -0.4 is 0 Å². The number of amides is 1. The number of benzene rings is 1. The van der Waals surface area contributed by atoms with Crippen LogP contribution in [0.3, 0.4) is 0 Å². The summed E-state index contributed by atoms with van der Waals surface area (Å²) < 4.78 is 5.40. The van der Waals surface area contributed by atoms with E-state index in [4.69, 9.17) is 16.3 Å². The van der Waals surface area contributed by atoms with Crippen molar-refractivity contribution in [2.75, 3.05) is 19.8 Å². The van der Waals surface area contributed by atoms with Crippen LogP contribution in [-0.2, 0) is 9.53 Å². The maximum atomic E-state index is 12.6. The molecule has 1 aliphatic heterocycles. The van der Waals surface area contributed by atoms with E-state index >= 15 is 0 Å². The number of nitrogens with zero attached hydrogens (tertiary/aromatic N) is 1. The highest BCUT2D eigenvalue weighted by molar-refractivity contribution is 6.30. The fourth-order valence-corrected chi connectivity index (χ4v) is 2.98. The van der Waals surface area contributed by atoms with Crippen LogP contribution in [0, 0.1) is 5.92 Å². The Morgan fingerprint density at radius 2 is 2.05 bits per heavy atom. The molecule has 0 radical (unpaired) electrons. The predicted molar refractivity (Wildman–Crippen MR) is 85.6 cm³/mol. The number of carbonyl (C=O) groups is 1. The molecule has 0 spiro atoms. The Balaban J connectivity index is 2.09. The van der Waals surface area contributed by atoms with Gasteiger partial charge in [0.15, 0.2) is 0 Å². The van der Waals surface area contributed by atoms with Gasteiger partial charge in [0.1, 0.15) is 0 Å². The number of rotatable bonds is 4. The quantitative estimate of drug-likeness (QED) is 0.848. The van der Waals surface area contributed by atoms with Crippen molar-refractivity contribution in [1.82, 2.24) is 4.90 Å². The van der Waals surface area contributed by atoms with Crippen molar-refractivity contribution in [1.29, 1.82) is 0 Å². The lowest BCUT2D eigenvalue weighted by atomic mass is 9.85. The van der Waals surface area contributed by atoms with Gasteiger partial charge in [-0.05, 0) is 36.5 Å². The zero-order valence-electron chi connectivity index (χ0n) is 13.0. The van der Waals surface area contributed by atoms with Crippen LogP contribution in [0.25, 0.3) is 0 Å². The predicted octanol–water partition coefficient (Wildman–Crippen LogP) is 3.72. The molecule has 2 unspecified atom stereocenters. The lowest BCUT2D eigenvalue weighted by Gasteiger charge is -2.35. The van der Waals surface area contributed by atoms with Crippen LogP contribution in [0.1, 0.15) is 38.7 Å². The average Bonchev–Trinajstić information content (AvgIpc) is 2.46. The molecule has 21 heavy (non-hydrogen) atoms. The molecule has 0 aliphatic carbocycles. The summed E-state index contributed by atoms with van der Waals surface area (Å²) in [7, 11) is 0. The first-order valence-corrected chi connectivity index (χ1v) is 7.99. The Bertz CT molecular complexity index is 472. The van der Waals surface area contributed by atoms with E-state index < -0.39 is 0 Å². The summed E-state index contributed by atoms with van der Waals surface area (Å²) in [5.74, 6) is 0.857. The van der Waals surface area contributed by atoms with Crippen LogP contribution in [0.4, 0.5) is 0 Å². The van der Waals surface area contributed by atoms with Crippen molar-refractivity contribution in [3.63, 3.8) is 0 Å². The lowest BCUT2D eigenvalue weighted by Crippen LogP contribution is -2.47. The summed E-state index contributed by atoms with van der Waals surface area (Å²) in [5.41, 5.74) is 1.18. The first kappa shape index (κ1) is 16.3. The molecule has 0 aromatic heterocycles. The molecular weight excluding hydrogens is 286 g/mol. The van der Waals surface area contributed by atoms with Gasteiger partial charge in [0.2, 0.25) is 5.91 Å². The van der Waals surface area contributed by atoms with E-state index in [9.17, 15) is 4.79 Å². The average molecular weight is 310 g/mol. The molecule has 1 heterocycles. The maximum absolute atomic E-state index is 12.6. The molecule has 116 valence electrons. The second-order valence-corrected chi connectivity index (χ2v) is 6.55. The highest BCUT2D eigenvalue weighted by Gasteiger charge is 2.27. The van der Waals surface area contributed by atoms with E-state index in [0.717, 1.165) is 5.02 Å². The third kappa shape index (κ3) is 4.21. The van der Waals surface area contributed by atoms with Gasteiger partial charge in [-0.25, -0.2) is 0 Å². The van der Waals surface area contributed by atoms with Gasteiger partial charge in [-0.3, -0.25) is 4.79 Å². The molecule has 0 saturated carbocycles. The van der Waals surface area contributed by atoms with Gasteiger partial charge in [-0.15, -0.1) is 0 Å². The van der Waals surface area contributed by atoms with E-state index in [1.54, 1.807) is 0 Å². The third-order valence-electron chi connectivity index (χ3n) is 4.19. The van der Waals surface area contributed by atoms with E-state index in [1.807, 2.05) is 36.1 Å². The minimum atomic E-state index is 0.171. The highest BCUT2D eigenvalue weighted by atomic mass is 35.5. The highest BCUT2D eigenvalue weighted by Crippen LogP contribution is 2.30. The molecule has 1 saturated heterocycles. The van der Waals surface area contributed by atoms with E-state index in [2.05, 4.69) is 13.8 Å². The molecular formula is C17H24ClNO2.